The predicted octanol–water partition coefficient (Wildman–Crippen LogP) is 3.94. The second kappa shape index (κ2) is 5.87. The lowest BCUT2D eigenvalue weighted by atomic mass is 10.1. The Hall–Kier alpha value is -2.50. The third kappa shape index (κ3) is 3.16. The minimum Gasteiger partial charge on any atom is -0.465 e. The maximum absolute atomic E-state index is 13.4. The van der Waals surface area contributed by atoms with Crippen LogP contribution in [0.5, 0.6) is 0 Å². The first-order valence-electron chi connectivity index (χ1n) is 6.03. The average Bonchev–Trinajstić information content (AvgIpc) is 2.44. The van der Waals surface area contributed by atoms with Gasteiger partial charge in [-0.2, -0.15) is 0 Å². The van der Waals surface area contributed by atoms with E-state index in [2.05, 4.69) is 10.1 Å². The van der Waals surface area contributed by atoms with Crippen molar-refractivity contribution in [2.75, 3.05) is 12.4 Å². The molecule has 0 bridgehead atoms. The van der Waals surface area contributed by atoms with Crippen LogP contribution in [0.15, 0.2) is 30.3 Å². The first kappa shape index (κ1) is 14.9. The smallest absolute Gasteiger partial charge is 0.340 e. The van der Waals surface area contributed by atoms with E-state index in [1.165, 1.54) is 18.2 Å². The van der Waals surface area contributed by atoms with E-state index in [1.807, 2.05) is 0 Å². The van der Waals surface area contributed by atoms with E-state index in [0.717, 1.165) is 19.2 Å². The normalized spacial score (nSPS) is 10.3. The zero-order valence-electron chi connectivity index (χ0n) is 11.3. The minimum atomic E-state index is -1.16. The molecule has 0 atom stereocenters. The van der Waals surface area contributed by atoms with Gasteiger partial charge in [0.1, 0.15) is 5.82 Å². The molecule has 0 saturated heterocycles. The highest BCUT2D eigenvalue weighted by atomic mass is 19.2. The van der Waals surface area contributed by atoms with E-state index in [9.17, 15) is 18.0 Å². The second-order valence-electron chi connectivity index (χ2n) is 4.39. The molecule has 0 aliphatic carbocycles. The number of nitrogens with one attached hydrogen (secondary N) is 1. The maximum atomic E-state index is 13.4. The summed E-state index contributed by atoms with van der Waals surface area (Å²) in [7, 11) is 1.14. The Morgan fingerprint density at radius 3 is 2.33 bits per heavy atom. The van der Waals surface area contributed by atoms with Crippen molar-refractivity contribution in [3.63, 3.8) is 0 Å². The molecule has 0 radical (unpaired) electrons. The topological polar surface area (TPSA) is 38.3 Å². The van der Waals surface area contributed by atoms with Gasteiger partial charge in [-0.15, -0.1) is 0 Å². The van der Waals surface area contributed by atoms with Crippen LogP contribution in [-0.2, 0) is 4.74 Å². The van der Waals surface area contributed by atoms with Crippen LogP contribution in [-0.4, -0.2) is 13.1 Å². The first-order valence-corrected chi connectivity index (χ1v) is 6.03. The summed E-state index contributed by atoms with van der Waals surface area (Å²) in [5.41, 5.74) is 0.902. The summed E-state index contributed by atoms with van der Waals surface area (Å²) in [6.07, 6.45) is 0. The summed E-state index contributed by atoms with van der Waals surface area (Å²) in [6, 6.07) is 5.53. The van der Waals surface area contributed by atoms with E-state index < -0.39 is 23.4 Å². The van der Waals surface area contributed by atoms with Gasteiger partial charge in [-0.1, -0.05) is 0 Å². The number of aryl methyl sites for hydroxylation is 1. The third-order valence-electron chi connectivity index (χ3n) is 2.92. The zero-order valence-corrected chi connectivity index (χ0v) is 11.3. The van der Waals surface area contributed by atoms with Gasteiger partial charge in [0.25, 0.3) is 0 Å². The van der Waals surface area contributed by atoms with Crippen molar-refractivity contribution >= 4 is 17.3 Å². The number of benzene rings is 2. The van der Waals surface area contributed by atoms with Gasteiger partial charge in [0.15, 0.2) is 11.6 Å². The van der Waals surface area contributed by atoms with Gasteiger partial charge in [0.05, 0.1) is 18.4 Å². The molecule has 0 spiro atoms. The largest absolute Gasteiger partial charge is 0.465 e. The SMILES string of the molecule is COC(=O)c1cc(F)c(F)cc1Nc1ccc(F)cc1C. The fourth-order valence-corrected chi connectivity index (χ4v) is 1.84. The molecule has 3 nitrogen and oxygen atoms in total. The molecule has 2 aromatic rings. The maximum Gasteiger partial charge on any atom is 0.340 e. The summed E-state index contributed by atoms with van der Waals surface area (Å²) in [5.74, 6) is -3.49. The highest BCUT2D eigenvalue weighted by molar-refractivity contribution is 5.96. The van der Waals surface area contributed by atoms with Crippen LogP contribution < -0.4 is 5.32 Å². The van der Waals surface area contributed by atoms with Crippen LogP contribution in [0.3, 0.4) is 0 Å². The predicted molar refractivity (Wildman–Crippen MR) is 72.1 cm³/mol. The molecular weight excluding hydrogens is 283 g/mol. The fourth-order valence-electron chi connectivity index (χ4n) is 1.84. The summed E-state index contributed by atoms with van der Waals surface area (Å²) in [6.45, 7) is 1.64. The van der Waals surface area contributed by atoms with E-state index >= 15 is 0 Å². The highest BCUT2D eigenvalue weighted by Crippen LogP contribution is 2.26. The Bertz CT molecular complexity index is 702. The molecule has 0 aromatic heterocycles. The lowest BCUT2D eigenvalue weighted by molar-refractivity contribution is 0.0601. The Labute approximate surface area is 119 Å². The lowest BCUT2D eigenvalue weighted by Crippen LogP contribution is -2.08. The molecule has 0 aliphatic rings. The molecule has 110 valence electrons. The van der Waals surface area contributed by atoms with Gasteiger partial charge in [0, 0.05) is 11.8 Å². The number of methoxy groups -OCH3 is 1. The summed E-state index contributed by atoms with van der Waals surface area (Å²) in [4.78, 5) is 11.6. The van der Waals surface area contributed by atoms with Crippen molar-refractivity contribution in [2.24, 2.45) is 0 Å². The van der Waals surface area contributed by atoms with Crippen molar-refractivity contribution in [3.05, 3.63) is 58.9 Å². The van der Waals surface area contributed by atoms with Crippen molar-refractivity contribution in [1.82, 2.24) is 0 Å². The molecule has 0 unspecified atom stereocenters. The van der Waals surface area contributed by atoms with Gasteiger partial charge in [-0.3, -0.25) is 0 Å². The molecular formula is C15H12F3NO2. The second-order valence-corrected chi connectivity index (χ2v) is 4.39. The van der Waals surface area contributed by atoms with Crippen LogP contribution in [0, 0.1) is 24.4 Å². The minimum absolute atomic E-state index is 0.0375. The number of carbonyl (C=O) groups is 1. The first-order chi connectivity index (χ1) is 9.92. The van der Waals surface area contributed by atoms with Gasteiger partial charge in [0.2, 0.25) is 0 Å². The number of esters is 1. The summed E-state index contributed by atoms with van der Waals surface area (Å²) in [5, 5.41) is 2.78. The van der Waals surface area contributed by atoms with E-state index in [4.69, 9.17) is 0 Å². The fraction of sp³-hybridized carbons (Fsp3) is 0.133. The van der Waals surface area contributed by atoms with Crippen molar-refractivity contribution in [1.29, 1.82) is 0 Å². The lowest BCUT2D eigenvalue weighted by Gasteiger charge is -2.13. The molecule has 0 amide bonds. The van der Waals surface area contributed by atoms with Gasteiger partial charge < -0.3 is 10.1 Å². The van der Waals surface area contributed by atoms with Crippen molar-refractivity contribution < 1.29 is 22.7 Å². The molecule has 21 heavy (non-hydrogen) atoms. The molecule has 0 aliphatic heterocycles. The summed E-state index contributed by atoms with van der Waals surface area (Å²) >= 11 is 0. The van der Waals surface area contributed by atoms with Crippen LogP contribution in [0.2, 0.25) is 0 Å². The molecule has 0 saturated carbocycles. The Balaban J connectivity index is 2.47. The number of ether oxygens (including phenoxy) is 1. The number of halogens is 3. The zero-order chi connectivity index (χ0) is 15.6. The molecule has 6 heteroatoms. The van der Waals surface area contributed by atoms with E-state index in [-0.39, 0.29) is 11.3 Å². The van der Waals surface area contributed by atoms with Gasteiger partial charge in [-0.05, 0) is 36.8 Å². The van der Waals surface area contributed by atoms with Crippen LogP contribution in [0.4, 0.5) is 24.5 Å². The van der Waals surface area contributed by atoms with Gasteiger partial charge in [-0.25, -0.2) is 18.0 Å². The van der Waals surface area contributed by atoms with Crippen molar-refractivity contribution in [2.45, 2.75) is 6.92 Å². The quantitative estimate of drug-likeness (QED) is 0.872. The number of rotatable bonds is 3. The molecule has 2 rings (SSSR count). The van der Waals surface area contributed by atoms with E-state index in [1.54, 1.807) is 6.92 Å². The molecule has 2 aromatic carbocycles. The third-order valence-corrected chi connectivity index (χ3v) is 2.92. The van der Waals surface area contributed by atoms with Crippen LogP contribution in [0.25, 0.3) is 0 Å². The molecule has 0 heterocycles. The number of anilines is 2. The summed E-state index contributed by atoms with van der Waals surface area (Å²) < 4.78 is 44.2. The number of carbonyl (C=O) groups excluding carboxylic acids is 1. The standard InChI is InChI=1S/C15H12F3NO2/c1-8-5-9(16)3-4-13(8)19-14-7-12(18)11(17)6-10(14)15(20)21-2/h3-7,19H,1-2H3. The van der Waals surface area contributed by atoms with Crippen LogP contribution in [0.1, 0.15) is 15.9 Å². The van der Waals surface area contributed by atoms with E-state index in [0.29, 0.717) is 11.3 Å². The van der Waals surface area contributed by atoms with Gasteiger partial charge >= 0.3 is 5.97 Å². The Kier molecular flexibility index (Phi) is 4.16. The van der Waals surface area contributed by atoms with Crippen LogP contribution >= 0.6 is 0 Å². The molecule has 1 N–H and O–H groups in total. The average molecular weight is 295 g/mol. The number of hydrogen-bond donors (Lipinski definition) is 1. The number of hydrogen-bond acceptors (Lipinski definition) is 3. The highest BCUT2D eigenvalue weighted by Gasteiger charge is 2.17. The Morgan fingerprint density at radius 2 is 1.71 bits per heavy atom. The Morgan fingerprint density at radius 1 is 1.05 bits per heavy atom. The monoisotopic (exact) mass is 295 g/mol. The molecule has 0 fully saturated rings. The van der Waals surface area contributed by atoms with Crippen molar-refractivity contribution in [3.8, 4) is 0 Å².